The largest absolute Gasteiger partial charge is 0.497 e. The summed E-state index contributed by atoms with van der Waals surface area (Å²) in [5.41, 5.74) is 12.6. The van der Waals surface area contributed by atoms with Gasteiger partial charge in [-0.3, -0.25) is 24.6 Å². The van der Waals surface area contributed by atoms with Crippen LogP contribution in [-0.2, 0) is 20.8 Å². The highest BCUT2D eigenvalue weighted by Gasteiger charge is 2.40. The monoisotopic (exact) mass is 538 g/mol. The number of benzene rings is 2. The van der Waals surface area contributed by atoms with Crippen LogP contribution < -0.4 is 21.5 Å². The van der Waals surface area contributed by atoms with Gasteiger partial charge in [-0.15, -0.1) is 0 Å². The Hall–Kier alpha value is -4.45. The third-order valence-electron chi connectivity index (χ3n) is 6.54. The molecule has 0 spiro atoms. The Balaban J connectivity index is 1.89. The van der Waals surface area contributed by atoms with E-state index in [-0.39, 0.29) is 37.3 Å². The van der Waals surface area contributed by atoms with Gasteiger partial charge in [0.25, 0.3) is 5.91 Å². The molecule has 0 saturated carbocycles. The van der Waals surface area contributed by atoms with Crippen LogP contribution in [0.3, 0.4) is 0 Å². The van der Waals surface area contributed by atoms with Crippen LogP contribution in [0, 0.1) is 5.41 Å². The molecule has 3 amide bonds. The zero-order chi connectivity index (χ0) is 28.5. The van der Waals surface area contributed by atoms with Gasteiger partial charge in [0.15, 0.2) is 0 Å². The molecule has 2 aromatic rings. The fraction of sp³-hybridized carbons (Fsp3) is 0.370. The van der Waals surface area contributed by atoms with E-state index in [1.54, 1.807) is 43.5 Å². The first-order valence-electron chi connectivity index (χ1n) is 12.5. The number of rotatable bonds is 12. The number of carbonyl (C=O) groups is 4. The average molecular weight is 539 g/mol. The lowest BCUT2D eigenvalue weighted by Crippen LogP contribution is -2.63. The van der Waals surface area contributed by atoms with E-state index >= 15 is 0 Å². The number of aliphatic carboxylic acids is 1. The summed E-state index contributed by atoms with van der Waals surface area (Å²) < 4.78 is 5.20. The minimum Gasteiger partial charge on any atom is -0.497 e. The maximum atomic E-state index is 13.9. The molecule has 12 heteroatoms. The number of piperazine rings is 1. The van der Waals surface area contributed by atoms with Crippen molar-refractivity contribution in [1.82, 2.24) is 15.1 Å². The maximum absolute atomic E-state index is 13.9. The normalized spacial score (nSPS) is 15.9. The lowest BCUT2D eigenvalue weighted by molar-refractivity contribution is -0.156. The Morgan fingerprint density at radius 2 is 1.74 bits per heavy atom. The summed E-state index contributed by atoms with van der Waals surface area (Å²) >= 11 is 0. The molecule has 0 radical (unpaired) electrons. The number of nitrogens with one attached hydrogen (secondary N) is 2. The summed E-state index contributed by atoms with van der Waals surface area (Å²) in [7, 11) is 1.54. The van der Waals surface area contributed by atoms with E-state index in [4.69, 9.17) is 21.6 Å². The van der Waals surface area contributed by atoms with Crippen molar-refractivity contribution < 1.29 is 29.0 Å². The number of carboxylic acids is 1. The molecule has 3 rings (SSSR count). The van der Waals surface area contributed by atoms with E-state index in [1.807, 2.05) is 0 Å². The van der Waals surface area contributed by atoms with E-state index in [0.29, 0.717) is 24.3 Å². The molecule has 208 valence electrons. The predicted octanol–water partition coefficient (Wildman–Crippen LogP) is 0.183. The molecule has 1 aliphatic heterocycles. The van der Waals surface area contributed by atoms with Gasteiger partial charge < -0.3 is 36.4 Å². The third kappa shape index (κ3) is 7.54. The molecule has 0 aromatic heterocycles. The van der Waals surface area contributed by atoms with Crippen LogP contribution in [0.25, 0.3) is 0 Å². The van der Waals surface area contributed by atoms with Crippen LogP contribution in [0.5, 0.6) is 5.75 Å². The van der Waals surface area contributed by atoms with E-state index < -0.39 is 42.3 Å². The number of ether oxygens (including phenoxy) is 1. The van der Waals surface area contributed by atoms with Crippen molar-refractivity contribution in [3.05, 3.63) is 65.2 Å². The first-order valence-corrected chi connectivity index (χ1v) is 12.5. The first kappa shape index (κ1) is 29.1. The van der Waals surface area contributed by atoms with Crippen molar-refractivity contribution in [3.8, 4) is 5.75 Å². The maximum Gasteiger partial charge on any atom is 0.323 e. The molecule has 0 unspecified atom stereocenters. The standard InChI is InChI=1S/C27H34N6O6/c1-39-20-10-4-17(5-11-20)15-21(31-25(36)19-8-6-18(7-9-19)24(29)30)26(37)33-14-13-32(16-23(34)35)27(38)22(33)3-2-12-28/h4-11,21-22H,2-3,12-16,28H2,1H3,(H3,29,30)(H,31,36)(H,34,35)/t21-,22-/m0/s1. The van der Waals surface area contributed by atoms with Gasteiger partial charge in [-0.25, -0.2) is 0 Å². The second kappa shape index (κ2) is 13.4. The fourth-order valence-electron chi connectivity index (χ4n) is 4.45. The van der Waals surface area contributed by atoms with Gasteiger partial charge >= 0.3 is 5.97 Å². The van der Waals surface area contributed by atoms with Crippen molar-refractivity contribution in [2.45, 2.75) is 31.3 Å². The molecule has 1 aliphatic rings. The Morgan fingerprint density at radius 3 is 2.31 bits per heavy atom. The van der Waals surface area contributed by atoms with Crippen molar-refractivity contribution in [2.75, 3.05) is 33.3 Å². The minimum atomic E-state index is -1.14. The van der Waals surface area contributed by atoms with E-state index in [9.17, 15) is 24.3 Å². The van der Waals surface area contributed by atoms with E-state index in [2.05, 4.69) is 5.32 Å². The van der Waals surface area contributed by atoms with Crippen molar-refractivity contribution in [3.63, 3.8) is 0 Å². The lowest BCUT2D eigenvalue weighted by Gasteiger charge is -2.41. The van der Waals surface area contributed by atoms with Gasteiger partial charge in [0.05, 0.1) is 7.11 Å². The Bertz CT molecular complexity index is 1200. The van der Waals surface area contributed by atoms with Gasteiger partial charge in [0.2, 0.25) is 11.8 Å². The van der Waals surface area contributed by atoms with Crippen molar-refractivity contribution in [1.29, 1.82) is 5.41 Å². The molecule has 7 N–H and O–H groups in total. The second-order valence-electron chi connectivity index (χ2n) is 9.20. The number of nitrogen functional groups attached to an aromatic ring is 1. The number of nitrogens with zero attached hydrogens (tertiary/aromatic N) is 2. The molecule has 0 bridgehead atoms. The molecular weight excluding hydrogens is 504 g/mol. The number of hydrogen-bond acceptors (Lipinski definition) is 7. The second-order valence-corrected chi connectivity index (χ2v) is 9.20. The highest BCUT2D eigenvalue weighted by molar-refractivity contribution is 6.00. The summed E-state index contributed by atoms with van der Waals surface area (Å²) in [5, 5.41) is 19.5. The van der Waals surface area contributed by atoms with Crippen molar-refractivity contribution in [2.24, 2.45) is 11.5 Å². The summed E-state index contributed by atoms with van der Waals surface area (Å²) in [6, 6.07) is 11.3. The smallest absolute Gasteiger partial charge is 0.323 e. The number of methoxy groups -OCH3 is 1. The Labute approximate surface area is 226 Å². The Kier molecular flexibility index (Phi) is 9.98. The molecule has 2 aromatic carbocycles. The molecule has 1 heterocycles. The molecule has 12 nitrogen and oxygen atoms in total. The van der Waals surface area contributed by atoms with Crippen molar-refractivity contribution >= 4 is 29.5 Å². The average Bonchev–Trinajstić information content (AvgIpc) is 2.92. The minimum absolute atomic E-state index is 0.0612. The van der Waals surface area contributed by atoms with Crippen LogP contribution in [0.1, 0.15) is 34.3 Å². The van der Waals surface area contributed by atoms with E-state index in [0.717, 1.165) is 5.56 Å². The summed E-state index contributed by atoms with van der Waals surface area (Å²) in [6.07, 6.45) is 0.874. The number of hydrogen-bond donors (Lipinski definition) is 5. The molecule has 1 fully saturated rings. The SMILES string of the molecule is COc1ccc(C[C@H](NC(=O)c2ccc(C(=N)N)cc2)C(=O)N2CCN(CC(=O)O)C(=O)[C@@H]2CCCN)cc1. The number of amidine groups is 1. The first-order chi connectivity index (χ1) is 18.6. The lowest BCUT2D eigenvalue weighted by atomic mass is 9.99. The van der Waals surface area contributed by atoms with Gasteiger partial charge in [0, 0.05) is 30.6 Å². The Morgan fingerprint density at radius 1 is 1.10 bits per heavy atom. The quantitative estimate of drug-likeness (QED) is 0.187. The van der Waals surface area contributed by atoms with Crippen LogP contribution >= 0.6 is 0 Å². The summed E-state index contributed by atoms with van der Waals surface area (Å²) in [5.74, 6) is -2.06. The molecule has 39 heavy (non-hydrogen) atoms. The van der Waals surface area contributed by atoms with Gasteiger partial charge in [-0.1, -0.05) is 24.3 Å². The summed E-state index contributed by atoms with van der Waals surface area (Å²) in [6.45, 7) is 0.0242. The van der Waals surface area contributed by atoms with E-state index in [1.165, 1.54) is 21.9 Å². The molecule has 0 aliphatic carbocycles. The summed E-state index contributed by atoms with van der Waals surface area (Å²) in [4.78, 5) is 54.1. The zero-order valence-electron chi connectivity index (χ0n) is 21.8. The topological polar surface area (TPSA) is 192 Å². The predicted molar refractivity (Wildman–Crippen MR) is 143 cm³/mol. The third-order valence-corrected chi connectivity index (χ3v) is 6.54. The van der Waals surface area contributed by atoms with Crippen LogP contribution in [-0.4, -0.2) is 89.8 Å². The van der Waals surface area contributed by atoms with Gasteiger partial charge in [0.1, 0.15) is 30.2 Å². The number of amides is 3. The van der Waals surface area contributed by atoms with Crippen LogP contribution in [0.4, 0.5) is 0 Å². The number of carboxylic acid groups (broad SMARTS) is 1. The molecule has 2 atom stereocenters. The highest BCUT2D eigenvalue weighted by atomic mass is 16.5. The van der Waals surface area contributed by atoms with Gasteiger partial charge in [-0.05, 0) is 49.2 Å². The van der Waals surface area contributed by atoms with Gasteiger partial charge in [-0.2, -0.15) is 0 Å². The molecular formula is C27H34N6O6. The fourth-order valence-corrected chi connectivity index (χ4v) is 4.45. The molecule has 1 saturated heterocycles. The zero-order valence-corrected chi connectivity index (χ0v) is 21.8. The van der Waals surface area contributed by atoms with Crippen LogP contribution in [0.15, 0.2) is 48.5 Å². The number of nitrogens with two attached hydrogens (primary N) is 2. The highest BCUT2D eigenvalue weighted by Crippen LogP contribution is 2.20. The number of carbonyl (C=O) groups excluding carboxylic acids is 3. The van der Waals surface area contributed by atoms with Crippen LogP contribution in [0.2, 0.25) is 0 Å².